The van der Waals surface area contributed by atoms with Crippen LogP contribution in [0.1, 0.15) is 55.2 Å². The summed E-state index contributed by atoms with van der Waals surface area (Å²) in [6.45, 7) is 5.90. The van der Waals surface area contributed by atoms with Crippen LogP contribution in [0.5, 0.6) is 0 Å². The van der Waals surface area contributed by atoms with Crippen molar-refractivity contribution in [2.24, 2.45) is 0 Å². The normalized spacial score (nSPS) is 15.7. The molecule has 2 aromatic rings. The number of anilines is 2. The minimum absolute atomic E-state index is 0.220. The predicted molar refractivity (Wildman–Crippen MR) is 112 cm³/mol. The lowest BCUT2D eigenvalue weighted by atomic mass is 9.81. The molecule has 1 saturated carbocycles. The van der Waals surface area contributed by atoms with Gasteiger partial charge < -0.3 is 10.6 Å². The molecule has 0 unspecified atom stereocenters. The number of rotatable bonds is 5. The summed E-state index contributed by atoms with van der Waals surface area (Å²) in [5, 5.41) is 18.2. The van der Waals surface area contributed by atoms with Gasteiger partial charge in [0.15, 0.2) is 0 Å². The lowest BCUT2D eigenvalue weighted by molar-refractivity contribution is -0.123. The molecule has 1 aromatic carbocycles. The van der Waals surface area contributed by atoms with Crippen molar-refractivity contribution in [3.8, 4) is 0 Å². The smallest absolute Gasteiger partial charge is 0.320 e. The van der Waals surface area contributed by atoms with Gasteiger partial charge >= 0.3 is 6.03 Å². The molecule has 0 spiro atoms. The van der Waals surface area contributed by atoms with Crippen molar-refractivity contribution in [2.45, 2.75) is 64.8 Å². The Morgan fingerprint density at radius 3 is 2.36 bits per heavy atom. The molecule has 1 aromatic heterocycles. The van der Waals surface area contributed by atoms with Crippen LogP contribution in [-0.2, 0) is 11.2 Å². The average molecular weight is 402 g/mol. The fourth-order valence-corrected chi connectivity index (χ4v) is 4.28. The number of hydrogen-bond acceptors (Lipinski definition) is 5. The van der Waals surface area contributed by atoms with Crippen molar-refractivity contribution in [2.75, 3.05) is 10.6 Å². The average Bonchev–Trinajstić information content (AvgIpc) is 3.13. The zero-order valence-electron chi connectivity index (χ0n) is 16.6. The SMILES string of the molecule is CCc1nnc(NC(=O)C2(NC(=O)Nc3c(C)cccc3C)CCCCC2)s1. The fraction of sp³-hybridized carbons (Fsp3) is 0.500. The van der Waals surface area contributed by atoms with Crippen LogP contribution in [0, 0.1) is 13.8 Å². The number of hydrogen-bond donors (Lipinski definition) is 3. The maximum atomic E-state index is 13.1. The van der Waals surface area contributed by atoms with Gasteiger partial charge in [-0.1, -0.05) is 55.7 Å². The second-order valence-corrected chi connectivity index (χ2v) is 8.36. The molecule has 8 heteroatoms. The second-order valence-electron chi connectivity index (χ2n) is 7.30. The maximum Gasteiger partial charge on any atom is 0.320 e. The number of carbonyl (C=O) groups is 2. The molecule has 150 valence electrons. The van der Waals surface area contributed by atoms with Crippen molar-refractivity contribution in [1.82, 2.24) is 15.5 Å². The molecule has 1 aliphatic rings. The summed E-state index contributed by atoms with van der Waals surface area (Å²) in [6, 6.07) is 5.50. The Labute approximate surface area is 169 Å². The standard InChI is InChI=1S/C20H27N5O2S/c1-4-15-24-25-19(28-15)22-17(26)20(11-6-5-7-12-20)23-18(27)21-16-13(2)9-8-10-14(16)3/h8-10H,4-7,11-12H2,1-3H3,(H2,21,23,27)(H,22,25,26). The highest BCUT2D eigenvalue weighted by atomic mass is 32.1. The largest absolute Gasteiger partial charge is 0.323 e. The van der Waals surface area contributed by atoms with Crippen LogP contribution < -0.4 is 16.0 Å². The number of para-hydroxylation sites is 1. The first-order chi connectivity index (χ1) is 13.4. The van der Waals surface area contributed by atoms with E-state index in [1.165, 1.54) is 11.3 Å². The summed E-state index contributed by atoms with van der Waals surface area (Å²) in [7, 11) is 0. The van der Waals surface area contributed by atoms with E-state index in [0.717, 1.165) is 47.5 Å². The third-order valence-corrected chi connectivity index (χ3v) is 6.19. The Kier molecular flexibility index (Phi) is 6.28. The number of urea groups is 1. The van der Waals surface area contributed by atoms with Crippen LogP contribution in [0.15, 0.2) is 18.2 Å². The first-order valence-corrected chi connectivity index (χ1v) is 10.5. The number of benzene rings is 1. The Balaban J connectivity index is 1.75. The highest BCUT2D eigenvalue weighted by molar-refractivity contribution is 7.15. The molecule has 0 aliphatic heterocycles. The van der Waals surface area contributed by atoms with Gasteiger partial charge in [0, 0.05) is 5.69 Å². The van der Waals surface area contributed by atoms with Gasteiger partial charge in [-0.25, -0.2) is 4.79 Å². The van der Waals surface area contributed by atoms with E-state index < -0.39 is 5.54 Å². The summed E-state index contributed by atoms with van der Waals surface area (Å²) in [4.78, 5) is 25.9. The summed E-state index contributed by atoms with van der Waals surface area (Å²) in [5.41, 5.74) is 1.82. The van der Waals surface area contributed by atoms with Crippen LogP contribution in [0.3, 0.4) is 0 Å². The molecule has 0 atom stereocenters. The van der Waals surface area contributed by atoms with E-state index in [-0.39, 0.29) is 11.9 Å². The lowest BCUT2D eigenvalue weighted by Crippen LogP contribution is -2.58. The van der Waals surface area contributed by atoms with Gasteiger partial charge in [-0.15, -0.1) is 10.2 Å². The van der Waals surface area contributed by atoms with Crippen molar-refractivity contribution in [1.29, 1.82) is 0 Å². The van der Waals surface area contributed by atoms with Gasteiger partial charge in [0.1, 0.15) is 10.5 Å². The number of nitrogens with one attached hydrogen (secondary N) is 3. The van der Waals surface area contributed by atoms with Gasteiger partial charge in [-0.3, -0.25) is 10.1 Å². The van der Waals surface area contributed by atoms with E-state index in [4.69, 9.17) is 0 Å². The van der Waals surface area contributed by atoms with Crippen molar-refractivity contribution < 1.29 is 9.59 Å². The van der Waals surface area contributed by atoms with E-state index in [1.54, 1.807) is 0 Å². The maximum absolute atomic E-state index is 13.1. The predicted octanol–water partition coefficient (Wildman–Crippen LogP) is 4.18. The monoisotopic (exact) mass is 401 g/mol. The molecule has 1 heterocycles. The summed E-state index contributed by atoms with van der Waals surface area (Å²) in [5.74, 6) is -0.220. The number of aryl methyl sites for hydroxylation is 3. The molecular weight excluding hydrogens is 374 g/mol. The van der Waals surface area contributed by atoms with E-state index in [1.807, 2.05) is 39.0 Å². The second kappa shape index (κ2) is 8.68. The zero-order valence-corrected chi connectivity index (χ0v) is 17.4. The van der Waals surface area contributed by atoms with Crippen LogP contribution in [0.4, 0.5) is 15.6 Å². The van der Waals surface area contributed by atoms with Crippen LogP contribution in [0.25, 0.3) is 0 Å². The minimum Gasteiger partial charge on any atom is -0.323 e. The number of nitrogens with zero attached hydrogens (tertiary/aromatic N) is 2. The Hall–Kier alpha value is -2.48. The molecule has 3 rings (SSSR count). The third kappa shape index (κ3) is 4.49. The van der Waals surface area contributed by atoms with Crippen LogP contribution in [0.2, 0.25) is 0 Å². The first-order valence-electron chi connectivity index (χ1n) is 9.73. The summed E-state index contributed by atoms with van der Waals surface area (Å²) in [6.07, 6.45) is 4.85. The van der Waals surface area contributed by atoms with Gasteiger partial charge in [0.2, 0.25) is 5.13 Å². The van der Waals surface area contributed by atoms with Gasteiger partial charge in [0.25, 0.3) is 5.91 Å². The van der Waals surface area contributed by atoms with Crippen molar-refractivity contribution >= 4 is 34.1 Å². The molecular formula is C20H27N5O2S. The topological polar surface area (TPSA) is 96.0 Å². The Morgan fingerprint density at radius 1 is 1.07 bits per heavy atom. The van der Waals surface area contributed by atoms with Crippen molar-refractivity contribution in [3.63, 3.8) is 0 Å². The van der Waals surface area contributed by atoms with E-state index in [9.17, 15) is 9.59 Å². The third-order valence-electron chi connectivity index (χ3n) is 5.20. The molecule has 3 amide bonds. The summed E-state index contributed by atoms with van der Waals surface area (Å²) >= 11 is 1.37. The van der Waals surface area contributed by atoms with Gasteiger partial charge in [-0.05, 0) is 44.2 Å². The number of aromatic nitrogens is 2. The first kappa shape index (κ1) is 20.3. The molecule has 3 N–H and O–H groups in total. The number of carbonyl (C=O) groups excluding carboxylic acids is 2. The molecule has 0 radical (unpaired) electrons. The highest BCUT2D eigenvalue weighted by Gasteiger charge is 2.41. The fourth-order valence-electron chi connectivity index (χ4n) is 3.60. The molecule has 28 heavy (non-hydrogen) atoms. The molecule has 1 fully saturated rings. The molecule has 7 nitrogen and oxygen atoms in total. The molecule has 0 bridgehead atoms. The molecule has 1 aliphatic carbocycles. The summed E-state index contributed by atoms with van der Waals surface area (Å²) < 4.78 is 0. The Bertz CT molecular complexity index is 838. The Morgan fingerprint density at radius 2 is 1.75 bits per heavy atom. The van der Waals surface area contributed by atoms with Crippen molar-refractivity contribution in [3.05, 3.63) is 34.3 Å². The number of amides is 3. The zero-order chi connectivity index (χ0) is 20.1. The highest BCUT2D eigenvalue weighted by Crippen LogP contribution is 2.30. The van der Waals surface area contributed by atoms with E-state index >= 15 is 0 Å². The van der Waals surface area contributed by atoms with Crippen LogP contribution >= 0.6 is 11.3 Å². The lowest BCUT2D eigenvalue weighted by Gasteiger charge is -2.36. The van der Waals surface area contributed by atoms with Crippen LogP contribution in [-0.4, -0.2) is 27.7 Å². The van der Waals surface area contributed by atoms with E-state index in [2.05, 4.69) is 26.1 Å². The molecule has 0 saturated heterocycles. The minimum atomic E-state index is -0.934. The van der Waals surface area contributed by atoms with Gasteiger partial charge in [0.05, 0.1) is 0 Å². The van der Waals surface area contributed by atoms with Gasteiger partial charge in [-0.2, -0.15) is 0 Å². The van der Waals surface area contributed by atoms with E-state index in [0.29, 0.717) is 18.0 Å². The quantitative estimate of drug-likeness (QED) is 0.700.